The first kappa shape index (κ1) is 17.4. The van der Waals surface area contributed by atoms with Crippen LogP contribution in [0.2, 0.25) is 10.0 Å². The van der Waals surface area contributed by atoms with Crippen molar-refractivity contribution in [2.75, 3.05) is 12.4 Å². The van der Waals surface area contributed by atoms with E-state index < -0.39 is 11.6 Å². The van der Waals surface area contributed by atoms with Crippen LogP contribution >= 0.6 is 23.2 Å². The standard InChI is InChI=1S/C13H18Cl2N4O2/c1-13(2,3)19-12(20)18-11(16)17-10-8(15)5-7(14)6-9(10)21-4/h5-6H,1-4H3,(H4,16,17,18,19,20). The highest BCUT2D eigenvalue weighted by Crippen LogP contribution is 2.35. The van der Waals surface area contributed by atoms with Crippen molar-refractivity contribution in [3.8, 4) is 5.75 Å². The molecule has 0 heterocycles. The Morgan fingerprint density at radius 3 is 2.43 bits per heavy atom. The first-order chi connectivity index (χ1) is 9.62. The average molecular weight is 333 g/mol. The lowest BCUT2D eigenvalue weighted by atomic mass is 10.1. The second-order valence-electron chi connectivity index (χ2n) is 5.29. The van der Waals surface area contributed by atoms with Gasteiger partial charge in [0.1, 0.15) is 11.4 Å². The van der Waals surface area contributed by atoms with Crippen molar-refractivity contribution in [3.05, 3.63) is 22.2 Å². The minimum atomic E-state index is -0.496. The maximum absolute atomic E-state index is 11.7. The molecule has 1 rings (SSSR count). The van der Waals surface area contributed by atoms with E-state index in [1.165, 1.54) is 13.2 Å². The van der Waals surface area contributed by atoms with Gasteiger partial charge in [-0.25, -0.2) is 4.79 Å². The molecule has 21 heavy (non-hydrogen) atoms. The largest absolute Gasteiger partial charge is 0.494 e. The Morgan fingerprint density at radius 1 is 1.29 bits per heavy atom. The summed E-state index contributed by atoms with van der Waals surface area (Å²) in [4.78, 5) is 11.7. The van der Waals surface area contributed by atoms with Crippen LogP contribution in [0.4, 0.5) is 10.5 Å². The normalized spacial score (nSPS) is 10.8. The summed E-state index contributed by atoms with van der Waals surface area (Å²) in [5, 5.41) is 16.1. The van der Waals surface area contributed by atoms with E-state index in [1.54, 1.807) is 6.07 Å². The minimum absolute atomic E-state index is 0.237. The number of urea groups is 1. The molecule has 0 atom stereocenters. The number of benzene rings is 1. The van der Waals surface area contributed by atoms with Gasteiger partial charge in [-0.3, -0.25) is 10.7 Å². The van der Waals surface area contributed by atoms with Crippen LogP contribution in [0, 0.1) is 5.41 Å². The third kappa shape index (κ3) is 5.69. The van der Waals surface area contributed by atoms with Crippen molar-refractivity contribution in [3.63, 3.8) is 0 Å². The monoisotopic (exact) mass is 332 g/mol. The zero-order valence-corrected chi connectivity index (χ0v) is 13.7. The van der Waals surface area contributed by atoms with Gasteiger partial charge in [0.25, 0.3) is 0 Å². The number of halogens is 2. The molecule has 0 bridgehead atoms. The molecule has 0 unspecified atom stereocenters. The molecule has 0 fully saturated rings. The smallest absolute Gasteiger partial charge is 0.321 e. The first-order valence-electron chi connectivity index (χ1n) is 6.10. The van der Waals surface area contributed by atoms with Crippen LogP contribution in [0.3, 0.4) is 0 Å². The number of nitrogens with one attached hydrogen (secondary N) is 4. The number of methoxy groups -OCH3 is 1. The fraction of sp³-hybridized carbons (Fsp3) is 0.385. The molecule has 0 radical (unpaired) electrons. The number of amides is 2. The fourth-order valence-corrected chi connectivity index (χ4v) is 2.00. The van der Waals surface area contributed by atoms with Crippen molar-refractivity contribution >= 4 is 40.9 Å². The van der Waals surface area contributed by atoms with Gasteiger partial charge in [0.2, 0.25) is 5.96 Å². The highest BCUT2D eigenvalue weighted by Gasteiger charge is 2.16. The van der Waals surface area contributed by atoms with Crippen LogP contribution in [0.15, 0.2) is 12.1 Å². The summed E-state index contributed by atoms with van der Waals surface area (Å²) in [6.45, 7) is 5.51. The summed E-state index contributed by atoms with van der Waals surface area (Å²) >= 11 is 11.9. The highest BCUT2D eigenvalue weighted by molar-refractivity contribution is 6.37. The van der Waals surface area contributed by atoms with Crippen molar-refractivity contribution < 1.29 is 9.53 Å². The van der Waals surface area contributed by atoms with Gasteiger partial charge in [0, 0.05) is 16.6 Å². The zero-order chi connectivity index (χ0) is 16.2. The third-order valence-electron chi connectivity index (χ3n) is 2.22. The van der Waals surface area contributed by atoms with Gasteiger partial charge in [0.15, 0.2) is 0 Å². The number of carbonyl (C=O) groups excluding carboxylic acids is 1. The fourth-order valence-electron chi connectivity index (χ4n) is 1.47. The lowest BCUT2D eigenvalue weighted by molar-refractivity contribution is 0.236. The topological polar surface area (TPSA) is 86.2 Å². The van der Waals surface area contributed by atoms with Gasteiger partial charge in [-0.2, -0.15) is 0 Å². The summed E-state index contributed by atoms with van der Waals surface area (Å²) in [6.07, 6.45) is 0. The molecule has 0 aliphatic heterocycles. The van der Waals surface area contributed by atoms with Gasteiger partial charge in [0.05, 0.1) is 12.1 Å². The Hall–Kier alpha value is -1.66. The minimum Gasteiger partial charge on any atom is -0.494 e. The number of anilines is 1. The molecule has 0 spiro atoms. The molecule has 8 heteroatoms. The molecule has 0 saturated heterocycles. The lowest BCUT2D eigenvalue weighted by Gasteiger charge is -2.21. The molecule has 1 aromatic carbocycles. The van der Waals surface area contributed by atoms with Gasteiger partial charge >= 0.3 is 6.03 Å². The SMILES string of the molecule is COc1cc(Cl)cc(Cl)c1NC(=N)NC(=O)NC(C)(C)C. The van der Waals surface area contributed by atoms with E-state index in [9.17, 15) is 4.79 Å². The van der Waals surface area contributed by atoms with Gasteiger partial charge in [-0.1, -0.05) is 23.2 Å². The Kier molecular flexibility index (Phi) is 5.69. The van der Waals surface area contributed by atoms with Gasteiger partial charge < -0.3 is 15.4 Å². The number of rotatable bonds is 2. The molecule has 0 aromatic heterocycles. The van der Waals surface area contributed by atoms with Crippen LogP contribution < -0.4 is 20.7 Å². The quantitative estimate of drug-likeness (QED) is 0.494. The second kappa shape index (κ2) is 6.87. The predicted octanol–water partition coefficient (Wildman–Crippen LogP) is 3.45. The molecular formula is C13H18Cl2N4O2. The summed E-state index contributed by atoms with van der Waals surface area (Å²) in [7, 11) is 1.45. The number of ether oxygens (including phenoxy) is 1. The highest BCUT2D eigenvalue weighted by atomic mass is 35.5. The maximum atomic E-state index is 11.7. The maximum Gasteiger partial charge on any atom is 0.321 e. The summed E-state index contributed by atoms with van der Waals surface area (Å²) in [6, 6.07) is 2.57. The Labute approximate surface area is 133 Å². The molecular weight excluding hydrogens is 315 g/mol. The summed E-state index contributed by atoms with van der Waals surface area (Å²) < 4.78 is 5.14. The van der Waals surface area contributed by atoms with Crippen LogP contribution in [0.25, 0.3) is 0 Å². The average Bonchev–Trinajstić information content (AvgIpc) is 2.29. The Bertz CT molecular complexity index is 556. The Morgan fingerprint density at radius 2 is 1.90 bits per heavy atom. The van der Waals surface area contributed by atoms with E-state index in [0.717, 1.165) is 0 Å². The zero-order valence-electron chi connectivity index (χ0n) is 12.2. The van der Waals surface area contributed by atoms with E-state index >= 15 is 0 Å². The van der Waals surface area contributed by atoms with E-state index in [0.29, 0.717) is 16.5 Å². The van der Waals surface area contributed by atoms with E-state index in [4.69, 9.17) is 33.3 Å². The van der Waals surface area contributed by atoms with Crippen LogP contribution in [-0.2, 0) is 0 Å². The van der Waals surface area contributed by atoms with Crippen LogP contribution in [0.5, 0.6) is 5.75 Å². The van der Waals surface area contributed by atoms with E-state index in [-0.39, 0.29) is 11.0 Å². The molecule has 116 valence electrons. The summed E-state index contributed by atoms with van der Waals surface area (Å²) in [5.74, 6) is 0.134. The molecule has 6 nitrogen and oxygen atoms in total. The van der Waals surface area contributed by atoms with E-state index in [1.807, 2.05) is 20.8 Å². The predicted molar refractivity (Wildman–Crippen MR) is 85.8 cm³/mol. The molecule has 0 aliphatic rings. The first-order valence-corrected chi connectivity index (χ1v) is 6.86. The molecule has 4 N–H and O–H groups in total. The third-order valence-corrected chi connectivity index (χ3v) is 2.73. The van der Waals surface area contributed by atoms with Crippen molar-refractivity contribution in [2.45, 2.75) is 26.3 Å². The number of hydrogen-bond acceptors (Lipinski definition) is 3. The van der Waals surface area contributed by atoms with Gasteiger partial charge in [-0.05, 0) is 26.8 Å². The van der Waals surface area contributed by atoms with Crippen LogP contribution in [-0.4, -0.2) is 24.6 Å². The van der Waals surface area contributed by atoms with Gasteiger partial charge in [-0.15, -0.1) is 0 Å². The van der Waals surface area contributed by atoms with Crippen molar-refractivity contribution in [1.29, 1.82) is 5.41 Å². The number of guanidine groups is 1. The second-order valence-corrected chi connectivity index (χ2v) is 6.14. The molecule has 2 amide bonds. The summed E-state index contributed by atoms with van der Waals surface area (Å²) in [5.41, 5.74) is -0.0513. The molecule has 1 aromatic rings. The number of hydrogen-bond donors (Lipinski definition) is 4. The van der Waals surface area contributed by atoms with Crippen LogP contribution in [0.1, 0.15) is 20.8 Å². The Balaban J connectivity index is 2.78. The molecule has 0 aliphatic carbocycles. The van der Waals surface area contributed by atoms with Crippen molar-refractivity contribution in [1.82, 2.24) is 10.6 Å². The number of carbonyl (C=O) groups is 1. The molecule has 0 saturated carbocycles. The van der Waals surface area contributed by atoms with Crippen molar-refractivity contribution in [2.24, 2.45) is 0 Å². The van der Waals surface area contributed by atoms with E-state index in [2.05, 4.69) is 16.0 Å². The lowest BCUT2D eigenvalue weighted by Crippen LogP contribution is -2.49.